The molecule has 1 aliphatic heterocycles. The fourth-order valence-corrected chi connectivity index (χ4v) is 2.57. The average molecular weight is 263 g/mol. The summed E-state index contributed by atoms with van der Waals surface area (Å²) in [5.74, 6) is 2.67. The van der Waals surface area contributed by atoms with Crippen LogP contribution in [0.4, 0.5) is 5.82 Å². The highest BCUT2D eigenvalue weighted by atomic mass is 15.2. The molecule has 1 saturated heterocycles. The fourth-order valence-electron chi connectivity index (χ4n) is 2.57. The fraction of sp³-hybridized carbons (Fsp3) is 0.714. The third kappa shape index (κ3) is 4.14. The Kier molecular flexibility index (Phi) is 5.10. The van der Waals surface area contributed by atoms with Crippen molar-refractivity contribution >= 4 is 5.82 Å². The van der Waals surface area contributed by atoms with Gasteiger partial charge in [-0.05, 0) is 52.0 Å². The van der Waals surface area contributed by atoms with Gasteiger partial charge in [0.25, 0.3) is 0 Å². The number of nitrogens with zero attached hydrogens (tertiary/aromatic N) is 4. The number of piperidine rings is 1. The van der Waals surface area contributed by atoms with Gasteiger partial charge in [0.05, 0.1) is 6.54 Å². The van der Waals surface area contributed by atoms with Crippen molar-refractivity contribution in [1.29, 1.82) is 0 Å². The molecule has 5 heteroatoms. The monoisotopic (exact) mass is 263 g/mol. The molecule has 1 aliphatic rings. The van der Waals surface area contributed by atoms with Gasteiger partial charge in [-0.3, -0.25) is 0 Å². The Bertz CT molecular complexity index is 387. The molecule has 0 spiro atoms. The van der Waals surface area contributed by atoms with Crippen LogP contribution in [0, 0.1) is 5.92 Å². The average Bonchev–Trinajstić information content (AvgIpc) is 2.42. The van der Waals surface area contributed by atoms with Crippen molar-refractivity contribution in [3.8, 4) is 0 Å². The lowest BCUT2D eigenvalue weighted by Crippen LogP contribution is -2.36. The van der Waals surface area contributed by atoms with Gasteiger partial charge in [-0.2, -0.15) is 0 Å². The topological polar surface area (TPSA) is 44.3 Å². The van der Waals surface area contributed by atoms with Gasteiger partial charge in [-0.1, -0.05) is 0 Å². The Labute approximate surface area is 116 Å². The van der Waals surface area contributed by atoms with Gasteiger partial charge in [-0.25, -0.2) is 9.97 Å². The van der Waals surface area contributed by atoms with Crippen LogP contribution in [0.25, 0.3) is 0 Å². The van der Waals surface area contributed by atoms with Crippen LogP contribution >= 0.6 is 0 Å². The first-order chi connectivity index (χ1) is 9.19. The molecular weight excluding hydrogens is 238 g/mol. The molecule has 19 heavy (non-hydrogen) atoms. The number of hydrogen-bond acceptors (Lipinski definition) is 5. The lowest BCUT2D eigenvalue weighted by Gasteiger charge is -2.32. The number of anilines is 1. The van der Waals surface area contributed by atoms with E-state index in [0.29, 0.717) is 0 Å². The molecule has 2 heterocycles. The van der Waals surface area contributed by atoms with Crippen LogP contribution in [0.3, 0.4) is 0 Å². The molecule has 106 valence electrons. The van der Waals surface area contributed by atoms with Crippen molar-refractivity contribution in [1.82, 2.24) is 20.2 Å². The summed E-state index contributed by atoms with van der Waals surface area (Å²) >= 11 is 0. The van der Waals surface area contributed by atoms with Crippen molar-refractivity contribution in [2.75, 3.05) is 45.7 Å². The Morgan fingerprint density at radius 3 is 2.84 bits per heavy atom. The van der Waals surface area contributed by atoms with Gasteiger partial charge in [-0.15, -0.1) is 0 Å². The van der Waals surface area contributed by atoms with Gasteiger partial charge in [0.2, 0.25) is 0 Å². The van der Waals surface area contributed by atoms with Crippen LogP contribution in [0.15, 0.2) is 12.3 Å². The zero-order chi connectivity index (χ0) is 13.7. The maximum atomic E-state index is 4.58. The molecule has 0 saturated carbocycles. The summed E-state index contributed by atoms with van der Waals surface area (Å²) in [4.78, 5) is 13.5. The van der Waals surface area contributed by atoms with Crippen LogP contribution in [-0.2, 0) is 6.54 Å². The van der Waals surface area contributed by atoms with Crippen molar-refractivity contribution < 1.29 is 0 Å². The Hall–Kier alpha value is -1.20. The molecule has 1 N–H and O–H groups in total. The quantitative estimate of drug-likeness (QED) is 0.858. The highest BCUT2D eigenvalue weighted by molar-refractivity contribution is 5.36. The number of rotatable bonds is 5. The highest BCUT2D eigenvalue weighted by Crippen LogP contribution is 2.19. The van der Waals surface area contributed by atoms with Crippen LogP contribution in [-0.4, -0.2) is 55.6 Å². The number of hydrogen-bond donors (Lipinski definition) is 1. The Morgan fingerprint density at radius 2 is 2.16 bits per heavy atom. The predicted molar refractivity (Wildman–Crippen MR) is 78.3 cm³/mol. The van der Waals surface area contributed by atoms with Crippen molar-refractivity contribution in [2.24, 2.45) is 5.92 Å². The van der Waals surface area contributed by atoms with Crippen molar-refractivity contribution in [2.45, 2.75) is 19.4 Å². The Morgan fingerprint density at radius 1 is 1.42 bits per heavy atom. The molecule has 0 amide bonds. The third-order valence-corrected chi connectivity index (χ3v) is 3.79. The zero-order valence-corrected chi connectivity index (χ0v) is 12.3. The van der Waals surface area contributed by atoms with E-state index in [1.807, 2.05) is 19.3 Å². The van der Waals surface area contributed by atoms with E-state index in [4.69, 9.17) is 0 Å². The van der Waals surface area contributed by atoms with Crippen LogP contribution < -0.4 is 10.2 Å². The number of nitrogens with one attached hydrogen (secondary N) is 1. The number of aromatic nitrogens is 2. The molecule has 0 aliphatic carbocycles. The SMILES string of the molecule is CNCc1nccc(N(C)CC2CCN(C)CC2)n1. The van der Waals surface area contributed by atoms with Gasteiger partial charge in [0.1, 0.15) is 11.6 Å². The molecule has 1 fully saturated rings. The van der Waals surface area contributed by atoms with Gasteiger partial charge >= 0.3 is 0 Å². The van der Waals surface area contributed by atoms with Crippen LogP contribution in [0.1, 0.15) is 18.7 Å². The second-order valence-electron chi connectivity index (χ2n) is 5.49. The second kappa shape index (κ2) is 6.82. The molecule has 5 nitrogen and oxygen atoms in total. The smallest absolute Gasteiger partial charge is 0.144 e. The molecule has 0 aromatic carbocycles. The maximum Gasteiger partial charge on any atom is 0.144 e. The summed E-state index contributed by atoms with van der Waals surface area (Å²) in [6.07, 6.45) is 4.42. The predicted octanol–water partition coefficient (Wildman–Crippen LogP) is 0.974. The lowest BCUT2D eigenvalue weighted by atomic mass is 9.97. The van der Waals surface area contributed by atoms with Crippen molar-refractivity contribution in [3.05, 3.63) is 18.1 Å². The molecule has 0 atom stereocenters. The summed E-state index contributed by atoms with van der Waals surface area (Å²) in [6, 6.07) is 1.99. The second-order valence-corrected chi connectivity index (χ2v) is 5.49. The highest BCUT2D eigenvalue weighted by Gasteiger charge is 2.18. The Balaban J connectivity index is 1.91. The summed E-state index contributed by atoms with van der Waals surface area (Å²) in [5.41, 5.74) is 0. The van der Waals surface area contributed by atoms with E-state index in [1.165, 1.54) is 25.9 Å². The standard InChI is InChI=1S/C14H25N5/c1-15-10-13-16-7-4-14(17-13)19(3)11-12-5-8-18(2)9-6-12/h4,7,12,15H,5-6,8-11H2,1-3H3. The summed E-state index contributed by atoms with van der Waals surface area (Å²) in [5, 5.41) is 3.09. The molecule has 1 aromatic rings. The van der Waals surface area contributed by atoms with E-state index in [0.717, 1.165) is 30.6 Å². The van der Waals surface area contributed by atoms with Gasteiger partial charge in [0.15, 0.2) is 0 Å². The number of likely N-dealkylation sites (tertiary alicyclic amines) is 1. The minimum absolute atomic E-state index is 0.718. The largest absolute Gasteiger partial charge is 0.359 e. The lowest BCUT2D eigenvalue weighted by molar-refractivity contribution is 0.222. The third-order valence-electron chi connectivity index (χ3n) is 3.79. The van der Waals surface area contributed by atoms with Gasteiger partial charge in [0, 0.05) is 19.8 Å². The first-order valence-corrected chi connectivity index (χ1v) is 7.05. The molecule has 1 aromatic heterocycles. The van der Waals surface area contributed by atoms with Crippen LogP contribution in [0.5, 0.6) is 0 Å². The minimum atomic E-state index is 0.718. The summed E-state index contributed by atoms with van der Waals surface area (Å²) in [7, 11) is 6.25. The van der Waals surface area contributed by atoms with E-state index >= 15 is 0 Å². The molecule has 2 rings (SSSR count). The van der Waals surface area contributed by atoms with E-state index in [1.54, 1.807) is 0 Å². The molecular formula is C14H25N5. The zero-order valence-electron chi connectivity index (χ0n) is 12.3. The van der Waals surface area contributed by atoms with Gasteiger partial charge < -0.3 is 15.1 Å². The summed E-state index contributed by atoms with van der Waals surface area (Å²) in [6.45, 7) is 4.24. The molecule has 0 unspecified atom stereocenters. The molecule has 0 radical (unpaired) electrons. The van der Waals surface area contributed by atoms with Crippen molar-refractivity contribution in [3.63, 3.8) is 0 Å². The first kappa shape index (κ1) is 14.2. The van der Waals surface area contributed by atoms with E-state index in [-0.39, 0.29) is 0 Å². The first-order valence-electron chi connectivity index (χ1n) is 7.05. The van der Waals surface area contributed by atoms with E-state index < -0.39 is 0 Å². The normalized spacial score (nSPS) is 17.6. The van der Waals surface area contributed by atoms with Crippen LogP contribution in [0.2, 0.25) is 0 Å². The van der Waals surface area contributed by atoms with E-state index in [2.05, 4.69) is 39.2 Å². The molecule has 0 bridgehead atoms. The summed E-state index contributed by atoms with van der Waals surface area (Å²) < 4.78 is 0. The minimum Gasteiger partial charge on any atom is -0.359 e. The van der Waals surface area contributed by atoms with E-state index in [9.17, 15) is 0 Å². The maximum absolute atomic E-state index is 4.58.